The van der Waals surface area contributed by atoms with Crippen LogP contribution in [0.2, 0.25) is 0 Å². The van der Waals surface area contributed by atoms with Crippen molar-refractivity contribution in [2.75, 3.05) is 19.0 Å². The molecule has 0 bridgehead atoms. The molecule has 9 heteroatoms. The van der Waals surface area contributed by atoms with Crippen LogP contribution in [0.25, 0.3) is 0 Å². The standard InChI is InChI=1S/C11H11F3N2O4/c1-16(20-6-9(17)18)10(19)15-8-4-2-3-7(5-8)11(12,13)14/h2-5H,6H2,1H3,(H,15,19)(H,17,18). The van der Waals surface area contributed by atoms with E-state index in [0.29, 0.717) is 5.06 Å². The summed E-state index contributed by atoms with van der Waals surface area (Å²) >= 11 is 0. The van der Waals surface area contributed by atoms with Crippen molar-refractivity contribution in [3.05, 3.63) is 29.8 Å². The number of carboxylic acids is 1. The molecule has 1 aromatic rings. The lowest BCUT2D eigenvalue weighted by Gasteiger charge is -2.16. The number of halogens is 3. The van der Waals surface area contributed by atoms with Crippen molar-refractivity contribution in [2.24, 2.45) is 0 Å². The Hall–Kier alpha value is -2.29. The van der Waals surface area contributed by atoms with Crippen molar-refractivity contribution in [3.63, 3.8) is 0 Å². The Morgan fingerprint density at radius 3 is 2.60 bits per heavy atom. The first kappa shape index (κ1) is 15.8. The Morgan fingerprint density at radius 1 is 1.40 bits per heavy atom. The number of hydrogen-bond acceptors (Lipinski definition) is 3. The number of hydroxylamine groups is 2. The number of nitrogens with one attached hydrogen (secondary N) is 1. The first-order valence-corrected chi connectivity index (χ1v) is 5.27. The van der Waals surface area contributed by atoms with E-state index in [4.69, 9.17) is 5.11 Å². The average molecular weight is 292 g/mol. The molecule has 110 valence electrons. The second-order valence-corrected chi connectivity index (χ2v) is 3.67. The maximum atomic E-state index is 12.5. The van der Waals surface area contributed by atoms with Crippen LogP contribution < -0.4 is 5.32 Å². The number of hydrogen-bond donors (Lipinski definition) is 2. The molecule has 1 rings (SSSR count). The summed E-state index contributed by atoms with van der Waals surface area (Å²) < 4.78 is 37.4. The molecule has 0 aliphatic carbocycles. The van der Waals surface area contributed by atoms with Crippen molar-refractivity contribution in [3.8, 4) is 0 Å². The van der Waals surface area contributed by atoms with Crippen LogP contribution in [0, 0.1) is 0 Å². The fourth-order valence-corrected chi connectivity index (χ4v) is 1.19. The molecule has 6 nitrogen and oxygen atoms in total. The summed E-state index contributed by atoms with van der Waals surface area (Å²) in [4.78, 5) is 26.3. The lowest BCUT2D eigenvalue weighted by molar-refractivity contribution is -0.158. The number of carbonyl (C=O) groups excluding carboxylic acids is 1. The van der Waals surface area contributed by atoms with Gasteiger partial charge in [-0.25, -0.2) is 14.7 Å². The summed E-state index contributed by atoms with van der Waals surface area (Å²) in [7, 11) is 1.13. The van der Waals surface area contributed by atoms with E-state index in [0.717, 1.165) is 25.2 Å². The highest BCUT2D eigenvalue weighted by Gasteiger charge is 2.30. The second-order valence-electron chi connectivity index (χ2n) is 3.67. The van der Waals surface area contributed by atoms with Gasteiger partial charge in [0.05, 0.1) is 5.56 Å². The van der Waals surface area contributed by atoms with Gasteiger partial charge in [-0.3, -0.25) is 4.84 Å². The van der Waals surface area contributed by atoms with Crippen LogP contribution in [0.5, 0.6) is 0 Å². The van der Waals surface area contributed by atoms with Gasteiger partial charge in [0.25, 0.3) is 0 Å². The molecule has 0 aliphatic heterocycles. The molecule has 20 heavy (non-hydrogen) atoms. The minimum Gasteiger partial charge on any atom is -0.479 e. The molecule has 0 atom stereocenters. The van der Waals surface area contributed by atoms with Crippen molar-refractivity contribution >= 4 is 17.7 Å². The van der Waals surface area contributed by atoms with Gasteiger partial charge in [-0.15, -0.1) is 0 Å². The quantitative estimate of drug-likeness (QED) is 0.834. The first-order chi connectivity index (χ1) is 9.20. The molecular weight excluding hydrogens is 281 g/mol. The summed E-state index contributed by atoms with van der Waals surface area (Å²) in [6.45, 7) is -0.744. The number of alkyl halides is 3. The van der Waals surface area contributed by atoms with E-state index in [1.807, 2.05) is 0 Å². The summed E-state index contributed by atoms with van der Waals surface area (Å²) in [5, 5.41) is 11.1. The molecule has 1 aromatic carbocycles. The summed E-state index contributed by atoms with van der Waals surface area (Å²) in [6, 6.07) is 3.11. The predicted octanol–water partition coefficient (Wildman–Crippen LogP) is 2.19. The number of anilines is 1. The first-order valence-electron chi connectivity index (χ1n) is 5.27. The zero-order valence-corrected chi connectivity index (χ0v) is 10.3. The number of nitrogens with zero attached hydrogens (tertiary/aromatic N) is 1. The second kappa shape index (κ2) is 6.24. The van der Waals surface area contributed by atoms with Gasteiger partial charge in [-0.05, 0) is 18.2 Å². The van der Waals surface area contributed by atoms with Gasteiger partial charge in [0.15, 0.2) is 6.61 Å². The molecule has 2 N–H and O–H groups in total. The normalized spacial score (nSPS) is 11.0. The van der Waals surface area contributed by atoms with Gasteiger partial charge in [0, 0.05) is 12.7 Å². The van der Waals surface area contributed by atoms with Crippen LogP contribution in [0.4, 0.5) is 23.7 Å². The van der Waals surface area contributed by atoms with Gasteiger partial charge in [-0.2, -0.15) is 13.2 Å². The maximum Gasteiger partial charge on any atom is 0.416 e. The molecule has 0 saturated carbocycles. The molecule has 2 amide bonds. The Labute approximate surface area is 111 Å². The Morgan fingerprint density at radius 2 is 2.05 bits per heavy atom. The number of carbonyl (C=O) groups is 2. The van der Waals surface area contributed by atoms with E-state index >= 15 is 0 Å². The molecule has 0 heterocycles. The summed E-state index contributed by atoms with van der Waals surface area (Å²) in [5.74, 6) is -1.29. The van der Waals surface area contributed by atoms with E-state index in [1.54, 1.807) is 0 Å². The maximum absolute atomic E-state index is 12.5. The molecule has 0 unspecified atom stereocenters. The van der Waals surface area contributed by atoms with E-state index in [2.05, 4.69) is 10.2 Å². The topological polar surface area (TPSA) is 78.9 Å². The molecule has 0 aliphatic rings. The minimum atomic E-state index is -4.52. The summed E-state index contributed by atoms with van der Waals surface area (Å²) in [5.41, 5.74) is -1.000. The average Bonchev–Trinajstić information content (AvgIpc) is 2.35. The van der Waals surface area contributed by atoms with E-state index in [-0.39, 0.29) is 5.69 Å². The van der Waals surface area contributed by atoms with Crippen LogP contribution in [0.3, 0.4) is 0 Å². The number of amides is 2. The van der Waals surface area contributed by atoms with Crippen LogP contribution in [0.1, 0.15) is 5.56 Å². The van der Waals surface area contributed by atoms with Gasteiger partial charge in [0.1, 0.15) is 0 Å². The fraction of sp³-hybridized carbons (Fsp3) is 0.273. The zero-order valence-electron chi connectivity index (χ0n) is 10.3. The number of urea groups is 1. The zero-order chi connectivity index (χ0) is 15.3. The highest BCUT2D eigenvalue weighted by Crippen LogP contribution is 2.30. The Balaban J connectivity index is 2.69. The number of rotatable bonds is 4. The monoisotopic (exact) mass is 292 g/mol. The largest absolute Gasteiger partial charge is 0.479 e. The van der Waals surface area contributed by atoms with Crippen LogP contribution in [0.15, 0.2) is 24.3 Å². The van der Waals surface area contributed by atoms with Gasteiger partial charge in [-0.1, -0.05) is 6.07 Å². The third-order valence-electron chi connectivity index (χ3n) is 2.11. The van der Waals surface area contributed by atoms with Crippen molar-refractivity contribution in [1.29, 1.82) is 0 Å². The van der Waals surface area contributed by atoms with Gasteiger partial charge < -0.3 is 10.4 Å². The molecule has 0 radical (unpaired) electrons. The number of benzene rings is 1. The Bertz CT molecular complexity index is 505. The van der Waals surface area contributed by atoms with Crippen LogP contribution >= 0.6 is 0 Å². The van der Waals surface area contributed by atoms with Crippen molar-refractivity contribution in [2.45, 2.75) is 6.18 Å². The van der Waals surface area contributed by atoms with Gasteiger partial charge >= 0.3 is 18.2 Å². The highest BCUT2D eigenvalue weighted by atomic mass is 19.4. The van der Waals surface area contributed by atoms with E-state index in [9.17, 15) is 22.8 Å². The third-order valence-corrected chi connectivity index (χ3v) is 2.11. The lowest BCUT2D eigenvalue weighted by atomic mass is 10.2. The predicted molar refractivity (Wildman–Crippen MR) is 61.8 cm³/mol. The van der Waals surface area contributed by atoms with Crippen molar-refractivity contribution in [1.82, 2.24) is 5.06 Å². The molecule has 0 fully saturated rings. The molecule has 0 saturated heterocycles. The van der Waals surface area contributed by atoms with E-state index < -0.39 is 30.3 Å². The molecule has 0 aromatic heterocycles. The fourth-order valence-electron chi connectivity index (χ4n) is 1.19. The number of aliphatic carboxylic acids is 1. The van der Waals surface area contributed by atoms with Crippen LogP contribution in [-0.4, -0.2) is 35.8 Å². The highest BCUT2D eigenvalue weighted by molar-refractivity contribution is 5.88. The van der Waals surface area contributed by atoms with E-state index in [1.165, 1.54) is 6.07 Å². The molecule has 0 spiro atoms. The molecular formula is C11H11F3N2O4. The number of carboxylic acid groups (broad SMARTS) is 1. The lowest BCUT2D eigenvalue weighted by Crippen LogP contribution is -2.33. The SMILES string of the molecule is CN(OCC(=O)O)C(=O)Nc1cccc(C(F)(F)F)c1. The van der Waals surface area contributed by atoms with Gasteiger partial charge in [0.2, 0.25) is 0 Å². The van der Waals surface area contributed by atoms with Crippen LogP contribution in [-0.2, 0) is 15.8 Å². The smallest absolute Gasteiger partial charge is 0.416 e. The van der Waals surface area contributed by atoms with Crippen molar-refractivity contribution < 1.29 is 32.7 Å². The third kappa shape index (κ3) is 4.76. The summed E-state index contributed by atoms with van der Waals surface area (Å²) in [6.07, 6.45) is -4.52. The minimum absolute atomic E-state index is 0.0874. The Kier molecular flexibility index (Phi) is 4.92.